The van der Waals surface area contributed by atoms with Crippen LogP contribution in [0.3, 0.4) is 0 Å². The zero-order valence-corrected chi connectivity index (χ0v) is 18.2. The molecule has 2 atom stereocenters. The summed E-state index contributed by atoms with van der Waals surface area (Å²) in [5.41, 5.74) is 6.30. The summed E-state index contributed by atoms with van der Waals surface area (Å²) in [4.78, 5) is 23.9. The van der Waals surface area contributed by atoms with E-state index in [1.807, 2.05) is 65.8 Å². The van der Waals surface area contributed by atoms with Crippen molar-refractivity contribution in [1.29, 1.82) is 0 Å². The molecule has 4 N–H and O–H groups in total. The zero-order valence-electron chi connectivity index (χ0n) is 18.2. The number of carbonyl (C=O) groups is 2. The smallest absolute Gasteiger partial charge is 0.399 e. The van der Waals surface area contributed by atoms with E-state index < -0.39 is 42.3 Å². The lowest BCUT2D eigenvalue weighted by Gasteiger charge is -2.32. The molecule has 0 bridgehead atoms. The molecule has 160 valence electrons. The van der Waals surface area contributed by atoms with Crippen LogP contribution in [0.1, 0.15) is 53.5 Å². The Hall–Kier alpha value is -1.90. The van der Waals surface area contributed by atoms with E-state index in [0.717, 1.165) is 11.0 Å². The van der Waals surface area contributed by atoms with Crippen LogP contribution in [0.5, 0.6) is 0 Å². The summed E-state index contributed by atoms with van der Waals surface area (Å²) < 4.78 is 12.1. The van der Waals surface area contributed by atoms with Crippen LogP contribution in [0.15, 0.2) is 24.3 Å². The van der Waals surface area contributed by atoms with Gasteiger partial charge < -0.3 is 25.5 Å². The first-order valence-corrected chi connectivity index (χ1v) is 10.0. The summed E-state index contributed by atoms with van der Waals surface area (Å²) in [6, 6.07) is 6.57. The molecule has 1 aromatic rings. The van der Waals surface area contributed by atoms with Gasteiger partial charge in [0.05, 0.1) is 11.2 Å². The molecule has 1 aromatic carbocycles. The van der Waals surface area contributed by atoms with Crippen molar-refractivity contribution in [1.82, 2.24) is 5.32 Å². The lowest BCUT2D eigenvalue weighted by molar-refractivity contribution is -0.133. The minimum atomic E-state index is -1.16. The number of primary amides is 1. The van der Waals surface area contributed by atoms with Crippen molar-refractivity contribution in [2.45, 2.75) is 77.7 Å². The number of benzene rings is 1. The molecule has 29 heavy (non-hydrogen) atoms. The number of nitrogens with one attached hydrogen (secondary N) is 1. The molecular weight excluding hydrogens is 371 g/mol. The van der Waals surface area contributed by atoms with E-state index in [1.54, 1.807) is 0 Å². The SMILES string of the molecule is CC(C)C[C@H](O)C(=O)N[C@@H](Cc1ccc(B2OC(C)(C)C(C)(C)O2)cc1)C(N)=O. The van der Waals surface area contributed by atoms with Crippen molar-refractivity contribution in [2.75, 3.05) is 0 Å². The van der Waals surface area contributed by atoms with Crippen LogP contribution >= 0.6 is 0 Å². The van der Waals surface area contributed by atoms with Crippen LogP contribution in [0.4, 0.5) is 0 Å². The first-order valence-electron chi connectivity index (χ1n) is 10.0. The molecule has 0 saturated carbocycles. The Kier molecular flexibility index (Phi) is 7.14. The van der Waals surface area contributed by atoms with Crippen LogP contribution in [0, 0.1) is 5.92 Å². The van der Waals surface area contributed by atoms with Crippen molar-refractivity contribution in [3.05, 3.63) is 29.8 Å². The summed E-state index contributed by atoms with van der Waals surface area (Å²) in [7, 11) is -0.466. The predicted molar refractivity (Wildman–Crippen MR) is 112 cm³/mol. The molecule has 2 rings (SSSR count). The van der Waals surface area contributed by atoms with Gasteiger partial charge in [-0.25, -0.2) is 0 Å². The second-order valence-electron chi connectivity index (χ2n) is 9.14. The summed E-state index contributed by atoms with van der Waals surface area (Å²) in [6.07, 6.45) is -0.609. The Labute approximate surface area is 173 Å². The molecule has 1 saturated heterocycles. The molecule has 1 fully saturated rings. The minimum Gasteiger partial charge on any atom is -0.399 e. The molecule has 2 amide bonds. The van der Waals surface area contributed by atoms with Crippen LogP contribution in [-0.2, 0) is 25.3 Å². The van der Waals surface area contributed by atoms with Gasteiger partial charge in [-0.15, -0.1) is 0 Å². The number of carbonyl (C=O) groups excluding carboxylic acids is 2. The number of nitrogens with two attached hydrogens (primary N) is 1. The van der Waals surface area contributed by atoms with E-state index in [1.165, 1.54) is 0 Å². The van der Waals surface area contributed by atoms with Crippen molar-refractivity contribution in [2.24, 2.45) is 11.7 Å². The quantitative estimate of drug-likeness (QED) is 0.558. The van der Waals surface area contributed by atoms with Gasteiger partial charge in [0.1, 0.15) is 12.1 Å². The van der Waals surface area contributed by atoms with Gasteiger partial charge in [-0.2, -0.15) is 0 Å². The maximum atomic E-state index is 12.1. The number of hydrogen-bond donors (Lipinski definition) is 3. The standard InChI is InChI=1S/C21H33BN2O5/c1-13(2)11-17(25)19(27)24-16(18(23)26)12-14-7-9-15(10-8-14)22-28-20(3,4)21(5,6)29-22/h7-10,13,16-17,25H,11-12H2,1-6H3,(H2,23,26)(H,24,27)/t16-,17-/m0/s1. The summed E-state index contributed by atoms with van der Waals surface area (Å²) in [6.45, 7) is 11.8. The summed E-state index contributed by atoms with van der Waals surface area (Å²) >= 11 is 0. The van der Waals surface area contributed by atoms with E-state index in [0.29, 0.717) is 6.42 Å². The topological polar surface area (TPSA) is 111 Å². The lowest BCUT2D eigenvalue weighted by Crippen LogP contribution is -2.49. The van der Waals surface area contributed by atoms with E-state index >= 15 is 0 Å². The molecule has 0 aliphatic carbocycles. The highest BCUT2D eigenvalue weighted by molar-refractivity contribution is 6.62. The Bertz CT molecular complexity index is 717. The van der Waals surface area contributed by atoms with Crippen molar-refractivity contribution < 1.29 is 24.0 Å². The average Bonchev–Trinajstić information content (AvgIpc) is 2.81. The number of hydrogen-bond acceptors (Lipinski definition) is 5. The first kappa shape index (κ1) is 23.4. The third kappa shape index (κ3) is 5.81. The van der Waals surface area contributed by atoms with Gasteiger partial charge >= 0.3 is 7.12 Å². The van der Waals surface area contributed by atoms with Gasteiger partial charge in [0.2, 0.25) is 11.8 Å². The number of amides is 2. The van der Waals surface area contributed by atoms with E-state index in [4.69, 9.17) is 15.0 Å². The number of rotatable bonds is 8. The highest BCUT2D eigenvalue weighted by Gasteiger charge is 2.51. The van der Waals surface area contributed by atoms with Crippen LogP contribution < -0.4 is 16.5 Å². The largest absolute Gasteiger partial charge is 0.494 e. The lowest BCUT2D eigenvalue weighted by atomic mass is 9.78. The number of aliphatic hydroxyl groups excluding tert-OH is 1. The molecule has 0 unspecified atom stereocenters. The number of aliphatic hydroxyl groups is 1. The Morgan fingerprint density at radius 1 is 1.10 bits per heavy atom. The third-order valence-corrected chi connectivity index (χ3v) is 5.60. The first-order chi connectivity index (χ1) is 13.3. The average molecular weight is 404 g/mol. The van der Waals surface area contributed by atoms with Gasteiger partial charge in [-0.1, -0.05) is 38.1 Å². The van der Waals surface area contributed by atoms with E-state index in [-0.39, 0.29) is 12.3 Å². The summed E-state index contributed by atoms with van der Waals surface area (Å²) in [5, 5.41) is 12.5. The minimum absolute atomic E-state index is 0.158. The monoisotopic (exact) mass is 404 g/mol. The van der Waals surface area contributed by atoms with Gasteiger partial charge in [-0.05, 0) is 51.1 Å². The highest BCUT2D eigenvalue weighted by atomic mass is 16.7. The van der Waals surface area contributed by atoms with Gasteiger partial charge in [0.15, 0.2) is 0 Å². The fourth-order valence-corrected chi connectivity index (χ4v) is 3.07. The molecule has 1 heterocycles. The maximum Gasteiger partial charge on any atom is 0.494 e. The highest BCUT2D eigenvalue weighted by Crippen LogP contribution is 2.36. The van der Waals surface area contributed by atoms with Crippen LogP contribution in [0.2, 0.25) is 0 Å². The summed E-state index contributed by atoms with van der Waals surface area (Å²) in [5.74, 6) is -1.08. The van der Waals surface area contributed by atoms with Crippen LogP contribution in [-0.4, -0.2) is 47.4 Å². The van der Waals surface area contributed by atoms with Crippen molar-refractivity contribution in [3.63, 3.8) is 0 Å². The fourth-order valence-electron chi connectivity index (χ4n) is 3.07. The van der Waals surface area contributed by atoms with E-state index in [2.05, 4.69) is 5.32 Å². The van der Waals surface area contributed by atoms with Crippen LogP contribution in [0.25, 0.3) is 0 Å². The van der Waals surface area contributed by atoms with Gasteiger partial charge in [0, 0.05) is 6.42 Å². The second kappa shape index (κ2) is 8.85. The molecule has 7 nitrogen and oxygen atoms in total. The molecule has 0 aromatic heterocycles. The molecule has 0 radical (unpaired) electrons. The fraction of sp³-hybridized carbons (Fsp3) is 0.619. The third-order valence-electron chi connectivity index (χ3n) is 5.60. The van der Waals surface area contributed by atoms with E-state index in [9.17, 15) is 14.7 Å². The molecular formula is C21H33BN2O5. The zero-order chi connectivity index (χ0) is 22.0. The Morgan fingerprint density at radius 2 is 1.62 bits per heavy atom. The predicted octanol–water partition coefficient (Wildman–Crippen LogP) is 0.905. The second-order valence-corrected chi connectivity index (χ2v) is 9.14. The molecule has 0 spiro atoms. The maximum absolute atomic E-state index is 12.1. The van der Waals surface area contributed by atoms with Gasteiger partial charge in [-0.3, -0.25) is 9.59 Å². The van der Waals surface area contributed by atoms with Gasteiger partial charge in [0.25, 0.3) is 0 Å². The normalized spacial score (nSPS) is 19.8. The Morgan fingerprint density at radius 3 is 2.07 bits per heavy atom. The molecule has 1 aliphatic heterocycles. The molecule has 8 heteroatoms. The van der Waals surface area contributed by atoms with Crippen molar-refractivity contribution >= 4 is 24.4 Å². The molecule has 1 aliphatic rings. The van der Waals surface area contributed by atoms with Crippen molar-refractivity contribution in [3.8, 4) is 0 Å². The Balaban J connectivity index is 2.03.